The van der Waals surface area contributed by atoms with Crippen molar-refractivity contribution in [2.75, 3.05) is 44.5 Å². The lowest BCUT2D eigenvalue weighted by Gasteiger charge is -2.25. The van der Waals surface area contributed by atoms with Crippen LogP contribution in [0.3, 0.4) is 0 Å². The highest BCUT2D eigenvalue weighted by Gasteiger charge is 2.30. The maximum absolute atomic E-state index is 13.7. The molecule has 3 aromatic carbocycles. The molecule has 2 amide bonds. The van der Waals surface area contributed by atoms with E-state index < -0.39 is 12.2 Å². The summed E-state index contributed by atoms with van der Waals surface area (Å²) in [5.41, 5.74) is 4.13. The largest absolute Gasteiger partial charge is 0.456 e. The summed E-state index contributed by atoms with van der Waals surface area (Å²) < 4.78 is 11.3. The van der Waals surface area contributed by atoms with Crippen molar-refractivity contribution < 1.29 is 23.9 Å². The Kier molecular flexibility index (Phi) is 9.58. The number of rotatable bonds is 8. The minimum absolute atomic E-state index is 0.161. The average Bonchev–Trinajstić information content (AvgIpc) is 3.08. The van der Waals surface area contributed by atoms with Crippen LogP contribution < -0.4 is 10.2 Å². The number of hydrogen-bond donors (Lipinski definition) is 1. The van der Waals surface area contributed by atoms with Crippen LogP contribution in [0.15, 0.2) is 66.7 Å². The summed E-state index contributed by atoms with van der Waals surface area (Å²) in [4.78, 5) is 42.5. The molecule has 9 heteroatoms. The lowest BCUT2D eigenvalue weighted by molar-refractivity contribution is -0.150. The van der Waals surface area contributed by atoms with E-state index in [0.29, 0.717) is 46.9 Å². The van der Waals surface area contributed by atoms with Gasteiger partial charge in [-0.1, -0.05) is 35.9 Å². The predicted molar refractivity (Wildman–Crippen MR) is 156 cm³/mol. The molecule has 1 aliphatic heterocycles. The van der Waals surface area contributed by atoms with Gasteiger partial charge in [0, 0.05) is 35.5 Å². The number of halogens is 1. The molecule has 40 heavy (non-hydrogen) atoms. The monoisotopic (exact) mass is 563 g/mol. The highest BCUT2D eigenvalue weighted by atomic mass is 35.5. The molecule has 0 radical (unpaired) electrons. The maximum Gasteiger partial charge on any atom is 0.320 e. The first-order valence-electron chi connectivity index (χ1n) is 13.1. The van der Waals surface area contributed by atoms with E-state index in [2.05, 4.69) is 5.32 Å². The third-order valence-electron chi connectivity index (χ3n) is 6.78. The molecule has 0 aliphatic carbocycles. The third-order valence-corrected chi connectivity index (χ3v) is 7.02. The van der Waals surface area contributed by atoms with E-state index in [1.165, 1.54) is 7.11 Å². The molecule has 0 fully saturated rings. The number of methoxy groups -OCH3 is 1. The van der Waals surface area contributed by atoms with E-state index in [0.717, 1.165) is 11.1 Å². The van der Waals surface area contributed by atoms with Crippen molar-refractivity contribution in [3.8, 4) is 0 Å². The van der Waals surface area contributed by atoms with Crippen molar-refractivity contribution in [3.63, 3.8) is 0 Å². The number of carbonyl (C=O) groups is 3. The van der Waals surface area contributed by atoms with Gasteiger partial charge in [0.25, 0.3) is 11.8 Å². The Labute approximate surface area is 239 Å². The number of amides is 2. The van der Waals surface area contributed by atoms with Crippen molar-refractivity contribution in [2.24, 2.45) is 0 Å². The van der Waals surface area contributed by atoms with Crippen molar-refractivity contribution in [2.45, 2.75) is 32.0 Å². The number of ether oxygens (including phenoxy) is 2. The van der Waals surface area contributed by atoms with Gasteiger partial charge < -0.3 is 19.7 Å². The van der Waals surface area contributed by atoms with Crippen molar-refractivity contribution in [1.82, 2.24) is 4.90 Å². The zero-order valence-electron chi connectivity index (χ0n) is 23.1. The van der Waals surface area contributed by atoms with Crippen LogP contribution in [0, 0.1) is 6.92 Å². The molecule has 210 valence electrons. The van der Waals surface area contributed by atoms with Gasteiger partial charge in [-0.05, 0) is 87.5 Å². The molecule has 8 nitrogen and oxygen atoms in total. The van der Waals surface area contributed by atoms with Crippen LogP contribution in [0.2, 0.25) is 5.02 Å². The molecule has 0 bridgehead atoms. The van der Waals surface area contributed by atoms with Gasteiger partial charge in [0.1, 0.15) is 6.10 Å². The van der Waals surface area contributed by atoms with E-state index in [1.807, 2.05) is 31.2 Å². The SMILES string of the molecule is COC(C(=O)Nc1ccc(C(=O)N2CCCC(OC(=O)CN(C)C)c3cc(Cl)ccc32)cc1)c1ccccc1C. The number of fused-ring (bicyclic) bond motifs is 1. The number of anilines is 2. The molecule has 0 saturated heterocycles. The highest BCUT2D eigenvalue weighted by Crippen LogP contribution is 2.38. The van der Waals surface area contributed by atoms with Crippen LogP contribution in [-0.4, -0.2) is 57.0 Å². The smallest absolute Gasteiger partial charge is 0.320 e. The van der Waals surface area contributed by atoms with E-state index in [-0.39, 0.29) is 24.3 Å². The van der Waals surface area contributed by atoms with Crippen LogP contribution in [0.25, 0.3) is 0 Å². The fourth-order valence-electron chi connectivity index (χ4n) is 4.84. The van der Waals surface area contributed by atoms with Gasteiger partial charge in [0.05, 0.1) is 12.2 Å². The second-order valence-electron chi connectivity index (χ2n) is 10.1. The Hall–Kier alpha value is -3.72. The number of nitrogens with zero attached hydrogens (tertiary/aromatic N) is 2. The molecule has 0 saturated carbocycles. The average molecular weight is 564 g/mol. The van der Waals surface area contributed by atoms with Gasteiger partial charge in [0.15, 0.2) is 6.10 Å². The quantitative estimate of drug-likeness (QED) is 0.361. The molecular weight excluding hydrogens is 530 g/mol. The normalized spacial score (nSPS) is 15.7. The summed E-state index contributed by atoms with van der Waals surface area (Å²) >= 11 is 6.30. The van der Waals surface area contributed by atoms with Crippen molar-refractivity contribution in [3.05, 3.63) is 94.0 Å². The van der Waals surface area contributed by atoms with Crippen molar-refractivity contribution in [1.29, 1.82) is 0 Å². The van der Waals surface area contributed by atoms with E-state index >= 15 is 0 Å². The molecule has 0 spiro atoms. The summed E-state index contributed by atoms with van der Waals surface area (Å²) in [6.07, 6.45) is -0.0483. The topological polar surface area (TPSA) is 88.2 Å². The minimum Gasteiger partial charge on any atom is -0.456 e. The van der Waals surface area contributed by atoms with Crippen LogP contribution in [-0.2, 0) is 19.1 Å². The Bertz CT molecular complexity index is 1380. The highest BCUT2D eigenvalue weighted by molar-refractivity contribution is 6.30. The van der Waals surface area contributed by atoms with Gasteiger partial charge in [-0.15, -0.1) is 0 Å². The number of nitrogens with one attached hydrogen (secondary N) is 1. The van der Waals surface area contributed by atoms with Crippen LogP contribution in [0.4, 0.5) is 11.4 Å². The number of carbonyl (C=O) groups excluding carboxylic acids is 3. The minimum atomic E-state index is -0.761. The Balaban J connectivity index is 1.52. The maximum atomic E-state index is 13.7. The van der Waals surface area contributed by atoms with Crippen LogP contribution >= 0.6 is 11.6 Å². The van der Waals surface area contributed by atoms with Gasteiger partial charge in [0.2, 0.25) is 0 Å². The summed E-state index contributed by atoms with van der Waals surface area (Å²) in [6, 6.07) is 19.6. The number of aryl methyl sites for hydroxylation is 1. The molecule has 1 N–H and O–H groups in total. The summed E-state index contributed by atoms with van der Waals surface area (Å²) in [5.74, 6) is -0.836. The predicted octanol–water partition coefficient (Wildman–Crippen LogP) is 5.56. The van der Waals surface area contributed by atoms with Crippen LogP contribution in [0.1, 0.15) is 52.1 Å². The molecule has 3 aromatic rings. The second kappa shape index (κ2) is 13.1. The van der Waals surface area contributed by atoms with E-state index in [1.54, 1.807) is 66.4 Å². The first kappa shape index (κ1) is 29.3. The van der Waals surface area contributed by atoms with Gasteiger partial charge >= 0.3 is 5.97 Å². The standard InChI is InChI=1S/C31H34ClN3O5/c1-20-8-5-6-9-24(20)29(39-4)30(37)33-23-14-11-21(12-15-23)31(38)35-17-7-10-27(40-28(36)19-34(2)3)25-18-22(32)13-16-26(25)35/h5-6,8-9,11-16,18,27,29H,7,10,17,19H2,1-4H3,(H,33,37). The number of hydrogen-bond acceptors (Lipinski definition) is 6. The lowest BCUT2D eigenvalue weighted by Crippen LogP contribution is -2.31. The zero-order chi connectivity index (χ0) is 28.8. The Morgan fingerprint density at radius 3 is 2.48 bits per heavy atom. The van der Waals surface area contributed by atoms with Crippen LogP contribution in [0.5, 0.6) is 0 Å². The number of esters is 1. The molecule has 2 unspecified atom stereocenters. The van der Waals surface area contributed by atoms with E-state index in [4.69, 9.17) is 21.1 Å². The Morgan fingerprint density at radius 1 is 1.07 bits per heavy atom. The first-order chi connectivity index (χ1) is 19.2. The Morgan fingerprint density at radius 2 is 1.80 bits per heavy atom. The molecular formula is C31H34ClN3O5. The lowest BCUT2D eigenvalue weighted by atomic mass is 10.0. The first-order valence-corrected chi connectivity index (χ1v) is 13.5. The molecule has 2 atom stereocenters. The van der Waals surface area contributed by atoms with Gasteiger partial charge in [-0.3, -0.25) is 19.3 Å². The summed E-state index contributed by atoms with van der Waals surface area (Å²) in [7, 11) is 5.10. The van der Waals surface area contributed by atoms with Gasteiger partial charge in [-0.2, -0.15) is 0 Å². The molecule has 0 aromatic heterocycles. The molecule has 1 aliphatic rings. The summed E-state index contributed by atoms with van der Waals surface area (Å²) in [5, 5.41) is 3.38. The summed E-state index contributed by atoms with van der Waals surface area (Å²) in [6.45, 7) is 2.55. The fraction of sp³-hybridized carbons (Fsp3) is 0.323. The third kappa shape index (κ3) is 6.88. The molecule has 4 rings (SSSR count). The van der Waals surface area contributed by atoms with Crippen molar-refractivity contribution >= 4 is 40.8 Å². The second-order valence-corrected chi connectivity index (χ2v) is 10.5. The van der Waals surface area contributed by atoms with E-state index in [9.17, 15) is 14.4 Å². The number of benzene rings is 3. The zero-order valence-corrected chi connectivity index (χ0v) is 23.9. The van der Waals surface area contributed by atoms with Gasteiger partial charge in [-0.25, -0.2) is 0 Å². The molecule has 1 heterocycles. The number of likely N-dealkylation sites (N-methyl/N-ethyl adjacent to an activating group) is 1. The fourth-order valence-corrected chi connectivity index (χ4v) is 5.02.